The molecule has 8 heteroatoms. The fourth-order valence-corrected chi connectivity index (χ4v) is 2.84. The van der Waals surface area contributed by atoms with Crippen molar-refractivity contribution < 1.29 is 12.8 Å². The summed E-state index contributed by atoms with van der Waals surface area (Å²) in [6.45, 7) is 0.833. The van der Waals surface area contributed by atoms with Crippen molar-refractivity contribution in [3.8, 4) is 0 Å². The van der Waals surface area contributed by atoms with Crippen LogP contribution in [0.3, 0.4) is 0 Å². The first-order valence-electron chi connectivity index (χ1n) is 6.00. The zero-order valence-electron chi connectivity index (χ0n) is 10.7. The number of benzene rings is 1. The molecule has 0 saturated carbocycles. The molecule has 2 aromatic rings. The second kappa shape index (κ2) is 6.02. The van der Waals surface area contributed by atoms with Gasteiger partial charge < -0.3 is 5.73 Å². The number of sulfonamides is 1. The molecule has 6 nitrogen and oxygen atoms in total. The summed E-state index contributed by atoms with van der Waals surface area (Å²) in [6, 6.07) is 5.02. The van der Waals surface area contributed by atoms with Crippen LogP contribution in [0.4, 0.5) is 10.1 Å². The highest BCUT2D eigenvalue weighted by Crippen LogP contribution is 2.15. The number of hydrogen-bond donors (Lipinski definition) is 2. The van der Waals surface area contributed by atoms with Gasteiger partial charge in [0.15, 0.2) is 0 Å². The molecular weight excluding hydrogens is 283 g/mol. The minimum Gasteiger partial charge on any atom is -0.399 e. The summed E-state index contributed by atoms with van der Waals surface area (Å²) in [4.78, 5) is -0.172. The first kappa shape index (κ1) is 14.5. The van der Waals surface area contributed by atoms with Gasteiger partial charge in [-0.25, -0.2) is 17.5 Å². The van der Waals surface area contributed by atoms with Gasteiger partial charge in [-0.1, -0.05) is 0 Å². The zero-order chi connectivity index (χ0) is 14.6. The number of hydrogen-bond acceptors (Lipinski definition) is 4. The molecule has 0 fully saturated rings. The van der Waals surface area contributed by atoms with Crippen LogP contribution in [0, 0.1) is 5.82 Å². The Morgan fingerprint density at radius 2 is 2.15 bits per heavy atom. The van der Waals surface area contributed by atoms with Gasteiger partial charge in [0.05, 0.1) is 4.90 Å². The molecule has 0 atom stereocenters. The third-order valence-electron chi connectivity index (χ3n) is 2.62. The van der Waals surface area contributed by atoms with E-state index in [1.54, 1.807) is 23.1 Å². The molecular formula is C12H15FN4O2S. The lowest BCUT2D eigenvalue weighted by atomic mass is 10.3. The average molecular weight is 298 g/mol. The van der Waals surface area contributed by atoms with Crippen molar-refractivity contribution in [3.05, 3.63) is 42.5 Å². The summed E-state index contributed by atoms with van der Waals surface area (Å²) in [5, 5.41) is 4.00. The van der Waals surface area contributed by atoms with E-state index in [0.717, 1.165) is 12.1 Å². The Hall–Kier alpha value is -1.93. The monoisotopic (exact) mass is 298 g/mol. The lowest BCUT2D eigenvalue weighted by Gasteiger charge is -2.08. The van der Waals surface area contributed by atoms with E-state index in [-0.39, 0.29) is 17.1 Å². The van der Waals surface area contributed by atoms with E-state index in [1.807, 2.05) is 0 Å². The summed E-state index contributed by atoms with van der Waals surface area (Å²) in [5.74, 6) is -0.679. The highest BCUT2D eigenvalue weighted by molar-refractivity contribution is 7.89. The molecule has 0 saturated heterocycles. The molecule has 0 aliphatic rings. The van der Waals surface area contributed by atoms with E-state index < -0.39 is 15.8 Å². The number of anilines is 1. The first-order valence-corrected chi connectivity index (χ1v) is 7.49. The maximum atomic E-state index is 13.1. The van der Waals surface area contributed by atoms with Gasteiger partial charge in [-0.3, -0.25) is 4.68 Å². The summed E-state index contributed by atoms with van der Waals surface area (Å²) in [5.41, 5.74) is 5.50. The highest BCUT2D eigenvalue weighted by Gasteiger charge is 2.15. The quantitative estimate of drug-likeness (QED) is 0.614. The number of halogens is 1. The molecule has 1 heterocycles. The van der Waals surface area contributed by atoms with Crippen LogP contribution in [0.25, 0.3) is 0 Å². The Bertz CT molecular complexity index is 651. The van der Waals surface area contributed by atoms with E-state index in [4.69, 9.17) is 5.73 Å². The number of nitrogen functional groups attached to an aromatic ring is 1. The van der Waals surface area contributed by atoms with Crippen LogP contribution in [0.2, 0.25) is 0 Å². The number of aryl methyl sites for hydroxylation is 1. The van der Waals surface area contributed by atoms with Crippen LogP contribution in [0.15, 0.2) is 41.6 Å². The Labute approximate surface area is 116 Å². The van der Waals surface area contributed by atoms with Gasteiger partial charge in [-0.2, -0.15) is 5.10 Å². The highest BCUT2D eigenvalue weighted by atomic mass is 32.2. The summed E-state index contributed by atoms with van der Waals surface area (Å²) in [7, 11) is -3.75. The van der Waals surface area contributed by atoms with Gasteiger partial charge >= 0.3 is 0 Å². The van der Waals surface area contributed by atoms with Gasteiger partial charge in [-0.05, 0) is 30.7 Å². The Balaban J connectivity index is 1.93. The summed E-state index contributed by atoms with van der Waals surface area (Å²) in [6.07, 6.45) is 4.02. The molecule has 0 amide bonds. The first-order chi connectivity index (χ1) is 9.47. The predicted octanol–water partition coefficient (Wildman–Crippen LogP) is 0.973. The van der Waals surface area contributed by atoms with Crippen LogP contribution >= 0.6 is 0 Å². The van der Waals surface area contributed by atoms with E-state index in [0.29, 0.717) is 13.0 Å². The van der Waals surface area contributed by atoms with Crippen LogP contribution in [0.5, 0.6) is 0 Å². The lowest BCUT2D eigenvalue weighted by molar-refractivity contribution is 0.551. The largest absolute Gasteiger partial charge is 0.399 e. The van der Waals surface area contributed by atoms with E-state index >= 15 is 0 Å². The Morgan fingerprint density at radius 1 is 1.35 bits per heavy atom. The minimum absolute atomic E-state index is 0.0712. The summed E-state index contributed by atoms with van der Waals surface area (Å²) < 4.78 is 41.1. The van der Waals surface area contributed by atoms with Crippen LogP contribution in [-0.2, 0) is 16.6 Å². The molecule has 0 unspecified atom stereocenters. The fraction of sp³-hybridized carbons (Fsp3) is 0.250. The average Bonchev–Trinajstić information content (AvgIpc) is 2.86. The standard InChI is InChI=1S/C12H15FN4O2S/c13-10-7-11(14)9-12(8-10)20(18,19)16-4-2-6-17-5-1-3-15-17/h1,3,5,7-9,16H,2,4,6,14H2. The SMILES string of the molecule is Nc1cc(F)cc(S(=O)(=O)NCCCn2cccn2)c1. The number of nitrogens with zero attached hydrogens (tertiary/aromatic N) is 2. The van der Waals surface area contributed by atoms with Gasteiger partial charge in [0, 0.05) is 31.2 Å². The van der Waals surface area contributed by atoms with Crippen molar-refractivity contribution in [1.82, 2.24) is 14.5 Å². The molecule has 0 radical (unpaired) electrons. The zero-order valence-corrected chi connectivity index (χ0v) is 11.5. The lowest BCUT2D eigenvalue weighted by Crippen LogP contribution is -2.25. The van der Waals surface area contributed by atoms with Crippen molar-refractivity contribution in [2.24, 2.45) is 0 Å². The molecule has 0 bridgehead atoms. The molecule has 1 aromatic heterocycles. The Kier molecular flexibility index (Phi) is 4.35. The van der Waals surface area contributed by atoms with Crippen molar-refractivity contribution in [2.45, 2.75) is 17.9 Å². The topological polar surface area (TPSA) is 90.0 Å². The van der Waals surface area contributed by atoms with Crippen LogP contribution < -0.4 is 10.5 Å². The third kappa shape index (κ3) is 3.78. The summed E-state index contributed by atoms with van der Waals surface area (Å²) >= 11 is 0. The van der Waals surface area contributed by atoms with Crippen LogP contribution in [0.1, 0.15) is 6.42 Å². The minimum atomic E-state index is -3.75. The van der Waals surface area contributed by atoms with Crippen molar-refractivity contribution in [2.75, 3.05) is 12.3 Å². The van der Waals surface area contributed by atoms with Gasteiger partial charge in [0.2, 0.25) is 10.0 Å². The smallest absolute Gasteiger partial charge is 0.240 e. The number of rotatable bonds is 6. The van der Waals surface area contributed by atoms with Gasteiger partial charge in [-0.15, -0.1) is 0 Å². The maximum Gasteiger partial charge on any atom is 0.240 e. The van der Waals surface area contributed by atoms with Gasteiger partial charge in [0.1, 0.15) is 5.82 Å². The predicted molar refractivity (Wildman–Crippen MR) is 72.8 cm³/mol. The molecule has 3 N–H and O–H groups in total. The van der Waals surface area contributed by atoms with E-state index in [9.17, 15) is 12.8 Å². The van der Waals surface area contributed by atoms with Gasteiger partial charge in [0.25, 0.3) is 0 Å². The Morgan fingerprint density at radius 3 is 2.80 bits per heavy atom. The van der Waals surface area contributed by atoms with Crippen molar-refractivity contribution in [3.63, 3.8) is 0 Å². The van der Waals surface area contributed by atoms with E-state index in [2.05, 4.69) is 9.82 Å². The molecule has 2 rings (SSSR count). The van der Waals surface area contributed by atoms with Crippen molar-refractivity contribution >= 4 is 15.7 Å². The fourth-order valence-electron chi connectivity index (χ4n) is 1.70. The molecule has 0 aliphatic heterocycles. The van der Waals surface area contributed by atoms with E-state index in [1.165, 1.54) is 6.07 Å². The number of aromatic nitrogens is 2. The molecule has 20 heavy (non-hydrogen) atoms. The number of nitrogens with two attached hydrogens (primary N) is 1. The second-order valence-corrected chi connectivity index (χ2v) is 6.01. The normalized spacial score (nSPS) is 11.7. The van der Waals surface area contributed by atoms with Crippen LogP contribution in [-0.4, -0.2) is 24.7 Å². The molecule has 108 valence electrons. The van der Waals surface area contributed by atoms with Crippen molar-refractivity contribution in [1.29, 1.82) is 0 Å². The second-order valence-electron chi connectivity index (χ2n) is 4.24. The number of nitrogens with one attached hydrogen (secondary N) is 1. The molecule has 0 aliphatic carbocycles. The third-order valence-corrected chi connectivity index (χ3v) is 4.06. The molecule has 0 spiro atoms. The molecule has 1 aromatic carbocycles. The maximum absolute atomic E-state index is 13.1.